The van der Waals surface area contributed by atoms with Gasteiger partial charge in [-0.3, -0.25) is 4.55 Å². The van der Waals surface area contributed by atoms with E-state index in [1.165, 1.54) is 12.3 Å². The van der Waals surface area contributed by atoms with Crippen LogP contribution in [0.3, 0.4) is 0 Å². The second kappa shape index (κ2) is 9.68. The number of nitrogens with zero attached hydrogens (tertiary/aromatic N) is 1. The molecule has 146 valence electrons. The summed E-state index contributed by atoms with van der Waals surface area (Å²) >= 11 is 0. The number of carbonyl (C=O) groups excluding carboxylic acids is 1. The Morgan fingerprint density at radius 1 is 1.23 bits per heavy atom. The highest BCUT2D eigenvalue weighted by Gasteiger charge is 2.27. The zero-order valence-corrected chi connectivity index (χ0v) is 15.1. The van der Waals surface area contributed by atoms with E-state index in [-0.39, 0.29) is 5.69 Å². The highest BCUT2D eigenvalue weighted by Crippen LogP contribution is 2.07. The van der Waals surface area contributed by atoms with Crippen LogP contribution in [0.15, 0.2) is 24.4 Å². The van der Waals surface area contributed by atoms with E-state index >= 15 is 0 Å². The molecule has 1 heterocycles. The van der Waals surface area contributed by atoms with Crippen LogP contribution in [0, 0.1) is 0 Å². The van der Waals surface area contributed by atoms with Gasteiger partial charge in [0.05, 0.1) is 0 Å². The first-order valence-electron chi connectivity index (χ1n) is 7.03. The maximum Gasteiger partial charge on any atom is 0.408 e. The van der Waals surface area contributed by atoms with Crippen molar-refractivity contribution in [3.63, 3.8) is 0 Å². The molecule has 1 aromatic heterocycles. The van der Waals surface area contributed by atoms with E-state index in [9.17, 15) is 22.8 Å². The van der Waals surface area contributed by atoms with Crippen molar-refractivity contribution in [2.24, 2.45) is 0 Å². The molecule has 0 radical (unpaired) electrons. The minimum Gasteiger partial charge on any atom is -0.480 e. The molecule has 12 heteroatoms. The Hall–Kier alpha value is -2.73. The van der Waals surface area contributed by atoms with Crippen LogP contribution in [0.4, 0.5) is 4.79 Å². The van der Waals surface area contributed by atoms with E-state index in [1.807, 2.05) is 5.32 Å². The molecule has 0 fully saturated rings. The van der Waals surface area contributed by atoms with Crippen LogP contribution in [-0.2, 0) is 19.6 Å². The molecule has 11 nitrogen and oxygen atoms in total. The van der Waals surface area contributed by atoms with Crippen LogP contribution >= 0.6 is 0 Å². The molecule has 0 saturated carbocycles. The summed E-state index contributed by atoms with van der Waals surface area (Å²) in [7, 11) is -4.51. The Kier molecular flexibility index (Phi) is 8.66. The third kappa shape index (κ3) is 11.8. The summed E-state index contributed by atoms with van der Waals surface area (Å²) in [5, 5.41) is 18.8. The van der Waals surface area contributed by atoms with Gasteiger partial charge in [0.1, 0.15) is 23.1 Å². The molecule has 0 aliphatic heterocycles. The molecule has 0 unspecified atom stereocenters. The van der Waals surface area contributed by atoms with E-state index in [0.29, 0.717) is 0 Å². The molecule has 0 aromatic carbocycles. The fraction of sp³-hybridized carbons (Fsp3) is 0.429. The fourth-order valence-electron chi connectivity index (χ4n) is 1.32. The number of hydrogen-bond acceptors (Lipinski definition) is 7. The molecule has 0 aliphatic carbocycles. The minimum atomic E-state index is -4.51. The molecule has 1 rings (SSSR count). The molecule has 0 saturated heterocycles. The molecular weight excluding hydrogens is 372 g/mol. The number of pyridine rings is 1. The van der Waals surface area contributed by atoms with Gasteiger partial charge >= 0.3 is 18.0 Å². The summed E-state index contributed by atoms with van der Waals surface area (Å²) in [6.45, 7) is 4.68. The first kappa shape index (κ1) is 23.3. The molecule has 26 heavy (non-hydrogen) atoms. The Bertz CT molecular complexity index is 727. The molecule has 1 atom stereocenters. The summed E-state index contributed by atoms with van der Waals surface area (Å²) < 4.78 is 34.3. The Morgan fingerprint density at radius 3 is 2.12 bits per heavy atom. The van der Waals surface area contributed by atoms with Crippen LogP contribution in [0.2, 0.25) is 0 Å². The molecule has 1 aromatic rings. The van der Waals surface area contributed by atoms with E-state index in [1.54, 1.807) is 32.9 Å². The number of nitrogens with one attached hydrogen (secondary N) is 1. The standard InChI is InChI=1S/C8H15NO7S.C6H5NO2/c1-8(2,3)16-7(12)9-5(6(10)11)4-17(13,14)15;8-6(9)5-3-1-2-4-7-5/h5H,4H2,1-3H3,(H,9,12)(H,10,11)(H,13,14,15);1-4H,(H,8,9)/t5-;/m0./s1. The second-order valence-corrected chi connectivity index (χ2v) is 7.30. The zero-order valence-electron chi connectivity index (χ0n) is 14.2. The monoisotopic (exact) mass is 392 g/mol. The first-order chi connectivity index (χ1) is 11.7. The molecule has 0 bridgehead atoms. The lowest BCUT2D eigenvalue weighted by molar-refractivity contribution is -0.138. The zero-order chi connectivity index (χ0) is 20.5. The van der Waals surface area contributed by atoms with Gasteiger partial charge in [-0.1, -0.05) is 6.07 Å². The molecule has 1 amide bonds. The lowest BCUT2D eigenvalue weighted by atomic mass is 10.2. The number of carbonyl (C=O) groups is 3. The summed E-state index contributed by atoms with van der Waals surface area (Å²) in [6, 6.07) is 2.99. The van der Waals surface area contributed by atoms with Gasteiger partial charge in [-0.15, -0.1) is 0 Å². The number of amides is 1. The number of alkyl carbamates (subject to hydrolysis) is 1. The van der Waals surface area contributed by atoms with Crippen molar-refractivity contribution >= 4 is 28.1 Å². The summed E-state index contributed by atoms with van der Waals surface area (Å²) in [4.78, 5) is 35.5. The lowest BCUT2D eigenvalue weighted by Gasteiger charge is -2.21. The van der Waals surface area contributed by atoms with Crippen molar-refractivity contribution in [3.05, 3.63) is 30.1 Å². The Morgan fingerprint density at radius 2 is 1.81 bits per heavy atom. The van der Waals surface area contributed by atoms with E-state index in [2.05, 4.69) is 4.98 Å². The predicted molar refractivity (Wildman–Crippen MR) is 88.4 cm³/mol. The maximum absolute atomic E-state index is 11.2. The van der Waals surface area contributed by atoms with Crippen molar-refractivity contribution in [2.45, 2.75) is 32.4 Å². The third-order valence-electron chi connectivity index (χ3n) is 2.25. The van der Waals surface area contributed by atoms with Gasteiger partial charge < -0.3 is 20.3 Å². The van der Waals surface area contributed by atoms with Crippen molar-refractivity contribution in [1.82, 2.24) is 10.3 Å². The van der Waals surface area contributed by atoms with E-state index in [0.717, 1.165) is 0 Å². The number of rotatable bonds is 5. The quantitative estimate of drug-likeness (QED) is 0.519. The SMILES string of the molecule is CC(C)(C)OC(=O)N[C@@H](CS(=O)(=O)O)C(=O)O.O=C(O)c1ccccn1. The molecule has 4 N–H and O–H groups in total. The van der Waals surface area contributed by atoms with Crippen LogP contribution in [0.25, 0.3) is 0 Å². The Labute approximate surface area is 149 Å². The average molecular weight is 392 g/mol. The van der Waals surface area contributed by atoms with E-state index in [4.69, 9.17) is 19.5 Å². The van der Waals surface area contributed by atoms with Crippen molar-refractivity contribution in [1.29, 1.82) is 0 Å². The summed E-state index contributed by atoms with van der Waals surface area (Å²) in [6.07, 6.45) is 0.372. The van der Waals surface area contributed by atoms with Gasteiger partial charge in [0.25, 0.3) is 10.1 Å². The number of carboxylic acids is 2. The maximum atomic E-state index is 11.2. The van der Waals surface area contributed by atoms with Crippen LogP contribution in [-0.4, -0.2) is 63.6 Å². The second-order valence-electron chi connectivity index (χ2n) is 5.81. The van der Waals surface area contributed by atoms with Crippen molar-refractivity contribution < 1.29 is 42.3 Å². The van der Waals surface area contributed by atoms with Gasteiger partial charge in [0, 0.05) is 6.20 Å². The van der Waals surface area contributed by atoms with Gasteiger partial charge in [0.2, 0.25) is 0 Å². The predicted octanol–water partition coefficient (Wildman–Crippen LogP) is 0.632. The van der Waals surface area contributed by atoms with Crippen molar-refractivity contribution in [2.75, 3.05) is 5.75 Å². The summed E-state index contributed by atoms with van der Waals surface area (Å²) in [5.74, 6) is -3.70. The van der Waals surface area contributed by atoms with Crippen LogP contribution in [0.1, 0.15) is 31.3 Å². The number of hydrogen-bond donors (Lipinski definition) is 4. The third-order valence-corrected chi connectivity index (χ3v) is 3.00. The van der Waals surface area contributed by atoms with E-state index < -0.39 is 45.5 Å². The topological polar surface area (TPSA) is 180 Å². The minimum absolute atomic E-state index is 0.0810. The highest BCUT2D eigenvalue weighted by atomic mass is 32.2. The smallest absolute Gasteiger partial charge is 0.408 e. The number of aliphatic carboxylic acids is 1. The summed E-state index contributed by atoms with van der Waals surface area (Å²) in [5.41, 5.74) is -0.761. The van der Waals surface area contributed by atoms with Gasteiger partial charge in [-0.2, -0.15) is 8.42 Å². The number of ether oxygens (including phenoxy) is 1. The normalized spacial score (nSPS) is 12.2. The fourth-order valence-corrected chi connectivity index (χ4v) is 1.97. The van der Waals surface area contributed by atoms with Gasteiger partial charge in [0.15, 0.2) is 0 Å². The van der Waals surface area contributed by atoms with Crippen molar-refractivity contribution in [3.8, 4) is 0 Å². The van der Waals surface area contributed by atoms with Crippen LogP contribution in [0.5, 0.6) is 0 Å². The van der Waals surface area contributed by atoms with Gasteiger partial charge in [-0.25, -0.2) is 19.4 Å². The lowest BCUT2D eigenvalue weighted by Crippen LogP contribution is -2.47. The van der Waals surface area contributed by atoms with Crippen LogP contribution < -0.4 is 5.32 Å². The largest absolute Gasteiger partial charge is 0.480 e. The molecule has 0 spiro atoms. The number of aromatic carboxylic acids is 1. The first-order valence-corrected chi connectivity index (χ1v) is 8.64. The molecule has 0 aliphatic rings. The molecular formula is C14H20N2O9S. The number of carboxylic acid groups (broad SMARTS) is 2. The number of aromatic nitrogens is 1. The average Bonchev–Trinajstić information content (AvgIpc) is 2.44. The van der Waals surface area contributed by atoms with Gasteiger partial charge in [-0.05, 0) is 32.9 Å². The Balaban J connectivity index is 0.000000577. The highest BCUT2D eigenvalue weighted by molar-refractivity contribution is 7.85.